The molecule has 8 nitrogen and oxygen atoms in total. The highest BCUT2D eigenvalue weighted by Gasteiger charge is 2.24. The zero-order chi connectivity index (χ0) is 19.8. The van der Waals surface area contributed by atoms with Crippen molar-refractivity contribution in [2.75, 3.05) is 41.8 Å². The average Bonchev–Trinajstić information content (AvgIpc) is 3.18. The van der Waals surface area contributed by atoms with Crippen LogP contribution in [0.4, 0.5) is 17.1 Å². The van der Waals surface area contributed by atoms with Gasteiger partial charge in [0.25, 0.3) is 5.91 Å². The van der Waals surface area contributed by atoms with Crippen LogP contribution in [0.3, 0.4) is 0 Å². The van der Waals surface area contributed by atoms with Crippen molar-refractivity contribution in [3.63, 3.8) is 0 Å². The first-order valence-corrected chi connectivity index (χ1v) is 10.1. The monoisotopic (exact) mass is 392 g/mol. The summed E-state index contributed by atoms with van der Waals surface area (Å²) in [7, 11) is 0. The number of nitrogens with zero attached hydrogens (tertiary/aromatic N) is 4. The highest BCUT2D eigenvalue weighted by atomic mass is 16.5. The Labute approximate surface area is 168 Å². The van der Waals surface area contributed by atoms with E-state index in [0.29, 0.717) is 17.8 Å². The van der Waals surface area contributed by atoms with Gasteiger partial charge < -0.3 is 20.3 Å². The van der Waals surface area contributed by atoms with Crippen LogP contribution in [0, 0.1) is 5.92 Å². The fourth-order valence-electron chi connectivity index (χ4n) is 3.96. The summed E-state index contributed by atoms with van der Waals surface area (Å²) in [5.74, 6) is 1.34. The molecular formula is C21H24N6O2. The summed E-state index contributed by atoms with van der Waals surface area (Å²) in [5, 5.41) is 10.7. The quantitative estimate of drug-likeness (QED) is 0.713. The van der Waals surface area contributed by atoms with Crippen LogP contribution in [-0.2, 0) is 0 Å². The van der Waals surface area contributed by atoms with Gasteiger partial charge in [-0.2, -0.15) is 5.10 Å². The summed E-state index contributed by atoms with van der Waals surface area (Å²) >= 11 is 0. The number of nitrogens with one attached hydrogen (secondary N) is 2. The van der Waals surface area contributed by atoms with E-state index in [-0.39, 0.29) is 5.91 Å². The van der Waals surface area contributed by atoms with E-state index in [2.05, 4.69) is 32.5 Å². The van der Waals surface area contributed by atoms with Crippen molar-refractivity contribution in [1.82, 2.24) is 14.6 Å². The Morgan fingerprint density at radius 2 is 2.17 bits per heavy atom. The zero-order valence-electron chi connectivity index (χ0n) is 16.4. The van der Waals surface area contributed by atoms with Crippen LogP contribution in [0.1, 0.15) is 30.1 Å². The number of carbonyl (C=O) groups excluding carboxylic acids is 1. The number of fused-ring (bicyclic) bond motifs is 2. The third kappa shape index (κ3) is 3.35. The van der Waals surface area contributed by atoms with Gasteiger partial charge in [-0.05, 0) is 30.9 Å². The largest absolute Gasteiger partial charge is 0.490 e. The topological polar surface area (TPSA) is 83.8 Å². The Morgan fingerprint density at radius 3 is 3.03 bits per heavy atom. The van der Waals surface area contributed by atoms with Crippen LogP contribution in [0.5, 0.6) is 5.75 Å². The molecule has 0 atom stereocenters. The molecule has 0 unspecified atom stereocenters. The fourth-order valence-corrected chi connectivity index (χ4v) is 3.96. The molecule has 150 valence electrons. The maximum Gasteiger partial charge on any atom is 0.261 e. The summed E-state index contributed by atoms with van der Waals surface area (Å²) in [4.78, 5) is 19.7. The SMILES string of the molecule is CC1CCN(c2cc3c(cc2NC(=O)c2cnn4cccnc24)NCCO3)CC1. The molecule has 3 aromatic rings. The molecule has 5 rings (SSSR count). The number of piperidine rings is 1. The number of carbonyl (C=O) groups is 1. The molecule has 8 heteroatoms. The lowest BCUT2D eigenvalue weighted by atomic mass is 9.98. The first-order chi connectivity index (χ1) is 14.2. The lowest BCUT2D eigenvalue weighted by Crippen LogP contribution is -2.33. The number of benzene rings is 1. The van der Waals surface area contributed by atoms with Gasteiger partial charge in [-0.25, -0.2) is 9.50 Å². The molecule has 1 amide bonds. The summed E-state index contributed by atoms with van der Waals surface area (Å²) in [5.41, 5.74) is 3.66. The fraction of sp³-hybridized carbons (Fsp3) is 0.381. The minimum absolute atomic E-state index is 0.220. The van der Waals surface area contributed by atoms with Gasteiger partial charge in [0, 0.05) is 38.1 Å². The molecule has 0 aliphatic carbocycles. The molecule has 0 saturated carbocycles. The predicted octanol–water partition coefficient (Wildman–Crippen LogP) is 3.02. The van der Waals surface area contributed by atoms with Crippen molar-refractivity contribution in [2.45, 2.75) is 19.8 Å². The molecule has 0 spiro atoms. The molecule has 2 N–H and O–H groups in total. The zero-order valence-corrected chi connectivity index (χ0v) is 16.4. The van der Waals surface area contributed by atoms with Gasteiger partial charge in [0.1, 0.15) is 17.9 Å². The summed E-state index contributed by atoms with van der Waals surface area (Å²) < 4.78 is 7.44. The van der Waals surface area contributed by atoms with Gasteiger partial charge in [-0.3, -0.25) is 4.79 Å². The number of ether oxygens (including phenoxy) is 1. The summed E-state index contributed by atoms with van der Waals surface area (Å²) in [6.07, 6.45) is 7.27. The highest BCUT2D eigenvalue weighted by molar-refractivity contribution is 6.09. The first kappa shape index (κ1) is 17.8. The van der Waals surface area contributed by atoms with Crippen molar-refractivity contribution in [3.05, 3.63) is 42.4 Å². The third-order valence-electron chi connectivity index (χ3n) is 5.67. The Balaban J connectivity index is 1.50. The molecule has 0 bridgehead atoms. The number of hydrogen-bond acceptors (Lipinski definition) is 6. The Morgan fingerprint density at radius 1 is 1.31 bits per heavy atom. The molecule has 4 heterocycles. The van der Waals surface area contributed by atoms with Crippen molar-refractivity contribution in [2.24, 2.45) is 5.92 Å². The van der Waals surface area contributed by atoms with E-state index in [1.165, 1.54) is 0 Å². The van der Waals surface area contributed by atoms with Crippen LogP contribution in [-0.4, -0.2) is 46.7 Å². The van der Waals surface area contributed by atoms with Gasteiger partial charge >= 0.3 is 0 Å². The van der Waals surface area contributed by atoms with Gasteiger partial charge in [0.2, 0.25) is 0 Å². The maximum absolute atomic E-state index is 13.1. The molecule has 2 aliphatic rings. The van der Waals surface area contributed by atoms with Crippen molar-refractivity contribution in [1.29, 1.82) is 0 Å². The van der Waals surface area contributed by atoms with E-state index in [1.807, 2.05) is 12.1 Å². The van der Waals surface area contributed by atoms with Crippen LogP contribution in [0.25, 0.3) is 5.65 Å². The second kappa shape index (κ2) is 7.27. The van der Waals surface area contributed by atoms with Gasteiger partial charge in [-0.15, -0.1) is 0 Å². The normalized spacial score (nSPS) is 16.8. The number of hydrogen-bond donors (Lipinski definition) is 2. The molecule has 1 fully saturated rings. The van der Waals surface area contributed by atoms with E-state index in [4.69, 9.17) is 4.74 Å². The van der Waals surface area contributed by atoms with Gasteiger partial charge in [0.05, 0.1) is 23.3 Å². The van der Waals surface area contributed by atoms with Crippen molar-refractivity contribution >= 4 is 28.6 Å². The lowest BCUT2D eigenvalue weighted by Gasteiger charge is -2.34. The van der Waals surface area contributed by atoms with E-state index >= 15 is 0 Å². The number of anilines is 3. The van der Waals surface area contributed by atoms with E-state index in [0.717, 1.165) is 61.2 Å². The summed E-state index contributed by atoms with van der Waals surface area (Å²) in [6.45, 7) is 5.61. The van der Waals surface area contributed by atoms with Gasteiger partial charge in [-0.1, -0.05) is 6.92 Å². The number of amides is 1. The summed E-state index contributed by atoms with van der Waals surface area (Å²) in [6, 6.07) is 5.80. The smallest absolute Gasteiger partial charge is 0.261 e. The Bertz CT molecular complexity index is 1050. The Hall–Kier alpha value is -3.29. The van der Waals surface area contributed by atoms with Crippen molar-refractivity contribution < 1.29 is 9.53 Å². The van der Waals surface area contributed by atoms with Crippen LogP contribution in [0.2, 0.25) is 0 Å². The third-order valence-corrected chi connectivity index (χ3v) is 5.67. The molecular weight excluding hydrogens is 368 g/mol. The van der Waals surface area contributed by atoms with Gasteiger partial charge in [0.15, 0.2) is 5.65 Å². The van der Waals surface area contributed by atoms with Crippen LogP contribution in [0.15, 0.2) is 36.8 Å². The van der Waals surface area contributed by atoms with E-state index in [9.17, 15) is 4.79 Å². The van der Waals surface area contributed by atoms with Crippen LogP contribution >= 0.6 is 0 Å². The average molecular weight is 392 g/mol. The van der Waals surface area contributed by atoms with Crippen LogP contribution < -0.4 is 20.3 Å². The maximum atomic E-state index is 13.1. The molecule has 29 heavy (non-hydrogen) atoms. The number of rotatable bonds is 3. The molecule has 0 radical (unpaired) electrons. The molecule has 1 aromatic carbocycles. The number of aromatic nitrogens is 3. The van der Waals surface area contributed by atoms with Crippen molar-refractivity contribution in [3.8, 4) is 5.75 Å². The standard InChI is InChI=1S/C21H24N6O2/c1-14-3-8-26(9-4-14)18-12-19-17(22-6-10-29-19)11-16(18)25-21(28)15-13-24-27-7-2-5-23-20(15)27/h2,5,7,11-14,22H,3-4,6,8-10H2,1H3,(H,25,28). The first-order valence-electron chi connectivity index (χ1n) is 10.1. The molecule has 2 aromatic heterocycles. The van der Waals surface area contributed by atoms with E-state index in [1.54, 1.807) is 29.2 Å². The highest BCUT2D eigenvalue weighted by Crippen LogP contribution is 2.40. The molecule has 1 saturated heterocycles. The lowest BCUT2D eigenvalue weighted by molar-refractivity contribution is 0.102. The predicted molar refractivity (Wildman–Crippen MR) is 112 cm³/mol. The second-order valence-electron chi connectivity index (χ2n) is 7.71. The minimum atomic E-state index is -0.220. The second-order valence-corrected chi connectivity index (χ2v) is 7.71. The minimum Gasteiger partial charge on any atom is -0.490 e. The molecule has 2 aliphatic heterocycles. The van der Waals surface area contributed by atoms with E-state index < -0.39 is 0 Å². The Kier molecular flexibility index (Phi) is 4.46.